The summed E-state index contributed by atoms with van der Waals surface area (Å²) in [6.07, 6.45) is 0. The molecule has 0 unspecified atom stereocenters. The van der Waals surface area contributed by atoms with Gasteiger partial charge in [-0.2, -0.15) is 0 Å². The molecule has 2 aromatic rings. The van der Waals surface area contributed by atoms with Crippen LogP contribution >= 0.6 is 11.3 Å². The predicted octanol–water partition coefficient (Wildman–Crippen LogP) is 0.821. The number of hydrogen-bond donors (Lipinski definition) is 1. The molecule has 0 spiro atoms. The van der Waals surface area contributed by atoms with Gasteiger partial charge in [0.2, 0.25) is 5.91 Å². The highest BCUT2D eigenvalue weighted by Gasteiger charge is 2.12. The monoisotopic (exact) mass is 251 g/mol. The van der Waals surface area contributed by atoms with E-state index in [0.717, 1.165) is 9.71 Å². The number of thiophene rings is 1. The van der Waals surface area contributed by atoms with Crippen molar-refractivity contribution in [3.05, 3.63) is 27.1 Å². The summed E-state index contributed by atoms with van der Waals surface area (Å²) in [5.74, 6) is 0.358. The third-order valence-electron chi connectivity index (χ3n) is 2.55. The average Bonchev–Trinajstić information content (AvgIpc) is 2.64. The van der Waals surface area contributed by atoms with Crippen molar-refractivity contribution in [2.24, 2.45) is 0 Å². The van der Waals surface area contributed by atoms with E-state index in [4.69, 9.17) is 0 Å². The van der Waals surface area contributed by atoms with Gasteiger partial charge in [-0.1, -0.05) is 0 Å². The molecule has 2 heterocycles. The van der Waals surface area contributed by atoms with Gasteiger partial charge in [-0.15, -0.1) is 11.3 Å². The average molecular weight is 251 g/mol. The fourth-order valence-corrected chi connectivity index (χ4v) is 2.56. The van der Waals surface area contributed by atoms with Gasteiger partial charge in [0.25, 0.3) is 5.56 Å². The first-order valence-electron chi connectivity index (χ1n) is 5.21. The van der Waals surface area contributed by atoms with E-state index in [1.807, 2.05) is 13.0 Å². The Hall–Kier alpha value is -1.69. The summed E-state index contributed by atoms with van der Waals surface area (Å²) in [6, 6.07) is 1.81. The number of rotatable bonds is 2. The van der Waals surface area contributed by atoms with Crippen LogP contribution in [-0.2, 0) is 11.3 Å². The first kappa shape index (κ1) is 11.8. The highest BCUT2D eigenvalue weighted by Crippen LogP contribution is 2.20. The number of nitrogens with one attached hydrogen (secondary N) is 1. The maximum Gasteiger partial charge on any atom is 0.262 e. The molecule has 0 bridgehead atoms. The Labute approximate surface area is 102 Å². The van der Waals surface area contributed by atoms with Crippen LogP contribution in [-0.4, -0.2) is 22.5 Å². The molecule has 17 heavy (non-hydrogen) atoms. The Morgan fingerprint density at radius 1 is 1.53 bits per heavy atom. The van der Waals surface area contributed by atoms with E-state index in [-0.39, 0.29) is 18.0 Å². The van der Waals surface area contributed by atoms with Gasteiger partial charge < -0.3 is 5.32 Å². The van der Waals surface area contributed by atoms with Gasteiger partial charge in [-0.05, 0) is 19.9 Å². The van der Waals surface area contributed by atoms with Crippen molar-refractivity contribution < 1.29 is 4.79 Å². The molecule has 0 saturated heterocycles. The van der Waals surface area contributed by atoms with Crippen LogP contribution in [0.5, 0.6) is 0 Å². The van der Waals surface area contributed by atoms with Gasteiger partial charge in [0, 0.05) is 11.9 Å². The zero-order chi connectivity index (χ0) is 12.6. The van der Waals surface area contributed by atoms with Crippen LogP contribution in [0.15, 0.2) is 10.9 Å². The number of fused-ring (bicyclic) bond motifs is 1. The molecule has 2 aromatic heterocycles. The van der Waals surface area contributed by atoms with Crippen molar-refractivity contribution in [1.29, 1.82) is 0 Å². The first-order valence-corrected chi connectivity index (χ1v) is 6.02. The van der Waals surface area contributed by atoms with Crippen LogP contribution in [0.1, 0.15) is 10.7 Å². The Morgan fingerprint density at radius 2 is 2.24 bits per heavy atom. The summed E-state index contributed by atoms with van der Waals surface area (Å²) in [4.78, 5) is 29.6. The minimum absolute atomic E-state index is 0.0129. The normalized spacial score (nSPS) is 10.8. The molecule has 1 N–H and O–H groups in total. The largest absolute Gasteiger partial charge is 0.358 e. The van der Waals surface area contributed by atoms with Gasteiger partial charge in [0.05, 0.1) is 5.39 Å². The Kier molecular flexibility index (Phi) is 2.97. The van der Waals surface area contributed by atoms with Crippen molar-refractivity contribution in [3.63, 3.8) is 0 Å². The summed E-state index contributed by atoms with van der Waals surface area (Å²) in [5, 5.41) is 3.08. The molecule has 6 heteroatoms. The molecule has 0 aromatic carbocycles. The highest BCUT2D eigenvalue weighted by molar-refractivity contribution is 7.18. The second-order valence-electron chi connectivity index (χ2n) is 3.80. The molecular formula is C11H13N3O2S. The number of likely N-dealkylation sites (N-methyl/N-ethyl adjacent to an activating group) is 1. The predicted molar refractivity (Wildman–Crippen MR) is 67.4 cm³/mol. The zero-order valence-electron chi connectivity index (χ0n) is 9.90. The lowest BCUT2D eigenvalue weighted by Crippen LogP contribution is -2.31. The fraction of sp³-hybridized carbons (Fsp3) is 0.364. The van der Waals surface area contributed by atoms with E-state index >= 15 is 0 Å². The minimum Gasteiger partial charge on any atom is -0.358 e. The van der Waals surface area contributed by atoms with Crippen molar-refractivity contribution in [3.8, 4) is 0 Å². The standard InChI is InChI=1S/C11H13N3O2S/c1-6-4-8-10(17-6)13-7(2)14(11(8)16)5-9(15)12-3/h4H,5H2,1-3H3,(H,12,15). The third kappa shape index (κ3) is 2.08. The first-order chi connectivity index (χ1) is 8.02. The summed E-state index contributed by atoms with van der Waals surface area (Å²) >= 11 is 1.49. The lowest BCUT2D eigenvalue weighted by molar-refractivity contribution is -0.121. The van der Waals surface area contributed by atoms with E-state index in [1.165, 1.54) is 15.9 Å². The van der Waals surface area contributed by atoms with Gasteiger partial charge in [-0.25, -0.2) is 4.98 Å². The number of nitrogens with zero attached hydrogens (tertiary/aromatic N) is 2. The van der Waals surface area contributed by atoms with Crippen molar-refractivity contribution in [2.45, 2.75) is 20.4 Å². The Balaban J connectivity index is 2.63. The Morgan fingerprint density at radius 3 is 2.88 bits per heavy atom. The van der Waals surface area contributed by atoms with E-state index in [1.54, 1.807) is 14.0 Å². The van der Waals surface area contributed by atoms with E-state index < -0.39 is 0 Å². The van der Waals surface area contributed by atoms with Gasteiger partial charge in [0.1, 0.15) is 17.2 Å². The molecule has 0 aliphatic rings. The van der Waals surface area contributed by atoms with Crippen molar-refractivity contribution >= 4 is 27.5 Å². The van der Waals surface area contributed by atoms with Crippen LogP contribution in [0.2, 0.25) is 0 Å². The van der Waals surface area contributed by atoms with Gasteiger partial charge in [-0.3, -0.25) is 14.2 Å². The van der Waals surface area contributed by atoms with Crippen LogP contribution in [0.4, 0.5) is 0 Å². The van der Waals surface area contributed by atoms with Gasteiger partial charge >= 0.3 is 0 Å². The molecule has 0 aliphatic heterocycles. The molecule has 5 nitrogen and oxygen atoms in total. The number of aromatic nitrogens is 2. The summed E-state index contributed by atoms with van der Waals surface area (Å²) in [7, 11) is 1.55. The van der Waals surface area contributed by atoms with Crippen LogP contribution in [0.3, 0.4) is 0 Å². The second kappa shape index (κ2) is 4.29. The molecule has 90 valence electrons. The lowest BCUT2D eigenvalue weighted by atomic mass is 10.3. The fourth-order valence-electron chi connectivity index (χ4n) is 1.65. The highest BCUT2D eigenvalue weighted by atomic mass is 32.1. The molecule has 0 fully saturated rings. The molecule has 0 saturated carbocycles. The molecule has 2 rings (SSSR count). The number of aryl methyl sites for hydroxylation is 2. The molecule has 0 atom stereocenters. The minimum atomic E-state index is -0.205. The molecular weight excluding hydrogens is 238 g/mol. The maximum atomic E-state index is 12.2. The number of amides is 1. The smallest absolute Gasteiger partial charge is 0.262 e. The summed E-state index contributed by atoms with van der Waals surface area (Å²) in [6.45, 7) is 3.68. The SMILES string of the molecule is CNC(=O)Cn1c(C)nc2sc(C)cc2c1=O. The summed E-state index contributed by atoms with van der Waals surface area (Å²) in [5.41, 5.74) is -0.152. The lowest BCUT2D eigenvalue weighted by Gasteiger charge is -2.07. The van der Waals surface area contributed by atoms with Crippen molar-refractivity contribution in [1.82, 2.24) is 14.9 Å². The molecule has 1 amide bonds. The quantitative estimate of drug-likeness (QED) is 0.859. The van der Waals surface area contributed by atoms with Crippen molar-refractivity contribution in [2.75, 3.05) is 7.05 Å². The zero-order valence-corrected chi connectivity index (χ0v) is 10.7. The summed E-state index contributed by atoms with van der Waals surface area (Å²) < 4.78 is 1.40. The third-order valence-corrected chi connectivity index (χ3v) is 3.49. The molecule has 0 aliphatic carbocycles. The number of hydrogen-bond acceptors (Lipinski definition) is 4. The van der Waals surface area contributed by atoms with Gasteiger partial charge in [0.15, 0.2) is 0 Å². The second-order valence-corrected chi connectivity index (χ2v) is 5.03. The van der Waals surface area contributed by atoms with Crippen LogP contribution in [0.25, 0.3) is 10.2 Å². The van der Waals surface area contributed by atoms with Crippen LogP contribution < -0.4 is 10.9 Å². The van der Waals surface area contributed by atoms with E-state index in [9.17, 15) is 9.59 Å². The Bertz CT molecular complexity index is 642. The maximum absolute atomic E-state index is 12.2. The number of carbonyl (C=O) groups is 1. The number of carbonyl (C=O) groups excluding carboxylic acids is 1. The molecule has 0 radical (unpaired) electrons. The van der Waals surface area contributed by atoms with E-state index in [0.29, 0.717) is 11.2 Å². The van der Waals surface area contributed by atoms with E-state index in [2.05, 4.69) is 10.3 Å². The topological polar surface area (TPSA) is 64.0 Å². The van der Waals surface area contributed by atoms with Crippen LogP contribution in [0, 0.1) is 13.8 Å².